The summed E-state index contributed by atoms with van der Waals surface area (Å²) in [5, 5.41) is 0. The van der Waals surface area contributed by atoms with Gasteiger partial charge in [-0.1, -0.05) is 23.3 Å². The largest absolute Gasteiger partial charge is 0.302 e. The predicted molar refractivity (Wildman–Crippen MR) is 90.5 cm³/mol. The van der Waals surface area contributed by atoms with Crippen LogP contribution in [0, 0.1) is 18.2 Å². The quantitative estimate of drug-likeness (QED) is 0.603. The van der Waals surface area contributed by atoms with E-state index in [1.54, 1.807) is 28.8 Å². The Balaban J connectivity index is 2.20. The summed E-state index contributed by atoms with van der Waals surface area (Å²) in [4.78, 5) is 17.2. The van der Waals surface area contributed by atoms with Crippen LogP contribution in [0.4, 0.5) is 4.39 Å². The lowest BCUT2D eigenvalue weighted by atomic mass is 10.3. The van der Waals surface area contributed by atoms with Gasteiger partial charge in [0.25, 0.3) is 5.91 Å². The van der Waals surface area contributed by atoms with Gasteiger partial charge in [-0.25, -0.2) is 4.39 Å². The molecule has 3 rings (SSSR count). The Hall–Kier alpha value is -1.75. The van der Waals surface area contributed by atoms with Crippen molar-refractivity contribution in [3.63, 3.8) is 0 Å². The lowest BCUT2D eigenvalue weighted by Crippen LogP contribution is -2.16. The lowest BCUT2D eigenvalue weighted by Gasteiger charge is -2.00. The number of nitrogens with zero attached hydrogens (tertiary/aromatic N) is 2. The van der Waals surface area contributed by atoms with Crippen molar-refractivity contribution in [3.05, 3.63) is 49.6 Å². The highest BCUT2D eigenvalue weighted by atomic mass is 79.9. The molecule has 2 heterocycles. The van der Waals surface area contributed by atoms with Crippen molar-refractivity contribution in [1.29, 1.82) is 0 Å². The van der Waals surface area contributed by atoms with Gasteiger partial charge < -0.3 is 4.57 Å². The molecule has 0 saturated carbocycles. The van der Waals surface area contributed by atoms with E-state index < -0.39 is 0 Å². The fourth-order valence-corrected chi connectivity index (χ4v) is 4.29. The molecule has 7 heteroatoms. The maximum atomic E-state index is 14.0. The van der Waals surface area contributed by atoms with Gasteiger partial charge in [0.05, 0.1) is 25.4 Å². The lowest BCUT2D eigenvalue weighted by molar-refractivity contribution is 0.100. The maximum Gasteiger partial charge on any atom is 0.289 e. The summed E-state index contributed by atoms with van der Waals surface area (Å²) in [5.74, 6) is 1.73. The normalized spacial score (nSPS) is 11.8. The molecule has 3 aromatic rings. The highest BCUT2D eigenvalue weighted by Gasteiger charge is 2.12. The number of fused-ring (bicyclic) bond motifs is 1. The van der Waals surface area contributed by atoms with E-state index >= 15 is 0 Å². The zero-order chi connectivity index (χ0) is 15.7. The van der Waals surface area contributed by atoms with Gasteiger partial charge in [-0.3, -0.25) is 4.79 Å². The van der Waals surface area contributed by atoms with E-state index in [1.807, 2.05) is 0 Å². The fourth-order valence-electron chi connectivity index (χ4n) is 1.98. The molecule has 0 spiro atoms. The van der Waals surface area contributed by atoms with Gasteiger partial charge in [0, 0.05) is 0 Å². The first kappa shape index (κ1) is 15.2. The molecule has 0 bridgehead atoms. The second kappa shape index (κ2) is 6.16. The molecule has 1 amide bonds. The number of carbonyl (C=O) groups excluding carboxylic acids is 1. The molecule has 22 heavy (non-hydrogen) atoms. The molecule has 0 radical (unpaired) electrons. The number of carbonyl (C=O) groups is 1. The van der Waals surface area contributed by atoms with Crippen LogP contribution in [0.15, 0.2) is 39.1 Å². The minimum absolute atomic E-state index is 0.154. The molecule has 0 N–H and O–H groups in total. The van der Waals surface area contributed by atoms with Crippen LogP contribution in [-0.2, 0) is 6.54 Å². The van der Waals surface area contributed by atoms with Crippen molar-refractivity contribution in [1.82, 2.24) is 4.57 Å². The molecule has 0 aliphatic heterocycles. The number of amides is 1. The summed E-state index contributed by atoms with van der Waals surface area (Å²) in [6.07, 6.45) is 5.36. The highest BCUT2D eigenvalue weighted by molar-refractivity contribution is 9.11. The minimum atomic E-state index is -0.378. The monoisotopic (exact) mass is 394 g/mol. The van der Waals surface area contributed by atoms with Crippen molar-refractivity contribution < 1.29 is 9.18 Å². The second-order valence-electron chi connectivity index (χ2n) is 4.28. The van der Waals surface area contributed by atoms with E-state index in [9.17, 15) is 9.18 Å². The molecule has 0 aliphatic rings. The molecular formula is C15H8BrFN2OS2. The number of halogens is 2. The van der Waals surface area contributed by atoms with E-state index in [0.717, 1.165) is 3.79 Å². The zero-order valence-electron chi connectivity index (χ0n) is 11.0. The summed E-state index contributed by atoms with van der Waals surface area (Å²) < 4.78 is 17.1. The Morgan fingerprint density at radius 2 is 2.18 bits per heavy atom. The zero-order valence-corrected chi connectivity index (χ0v) is 14.3. The summed E-state index contributed by atoms with van der Waals surface area (Å²) in [6.45, 7) is 0.154. The van der Waals surface area contributed by atoms with Gasteiger partial charge in [0.15, 0.2) is 4.80 Å². The summed E-state index contributed by atoms with van der Waals surface area (Å²) >= 11 is 5.85. The van der Waals surface area contributed by atoms with Gasteiger partial charge in [-0.2, -0.15) is 4.99 Å². The number of thiazole rings is 1. The van der Waals surface area contributed by atoms with Crippen molar-refractivity contribution in [3.8, 4) is 12.3 Å². The van der Waals surface area contributed by atoms with Crippen molar-refractivity contribution >= 4 is 54.7 Å². The van der Waals surface area contributed by atoms with Gasteiger partial charge in [-0.05, 0) is 40.2 Å². The van der Waals surface area contributed by atoms with Crippen LogP contribution < -0.4 is 4.80 Å². The number of terminal acetylenes is 1. The molecule has 1 aromatic carbocycles. The SMILES string of the molecule is C#CCn1c(=NC(=O)c2ccc(Br)s2)sc2cccc(F)c21. The smallest absolute Gasteiger partial charge is 0.289 e. The highest BCUT2D eigenvalue weighted by Crippen LogP contribution is 2.23. The van der Waals surface area contributed by atoms with Crippen LogP contribution >= 0.6 is 38.6 Å². The Morgan fingerprint density at radius 1 is 1.36 bits per heavy atom. The van der Waals surface area contributed by atoms with Gasteiger partial charge in [0.1, 0.15) is 5.82 Å². The molecular weight excluding hydrogens is 387 g/mol. The van der Waals surface area contributed by atoms with Crippen molar-refractivity contribution in [2.75, 3.05) is 0 Å². The number of thiophene rings is 1. The van der Waals surface area contributed by atoms with Crippen LogP contribution in [0.5, 0.6) is 0 Å². The first-order chi connectivity index (χ1) is 10.6. The number of hydrogen-bond donors (Lipinski definition) is 0. The molecule has 2 aromatic heterocycles. The van der Waals surface area contributed by atoms with Crippen LogP contribution in [0.2, 0.25) is 0 Å². The number of hydrogen-bond acceptors (Lipinski definition) is 3. The maximum absolute atomic E-state index is 14.0. The summed E-state index contributed by atoms with van der Waals surface area (Å²) in [7, 11) is 0. The van der Waals surface area contributed by atoms with Crippen molar-refractivity contribution in [2.45, 2.75) is 6.54 Å². The standard InChI is InChI=1S/C15H8BrFN2OS2/c1-2-8-19-13-9(17)4-3-5-10(13)22-15(19)18-14(20)11-6-7-12(16)21-11/h1,3-7H,8H2. The van der Waals surface area contributed by atoms with E-state index in [-0.39, 0.29) is 18.3 Å². The Kier molecular flexibility index (Phi) is 4.25. The fraction of sp³-hybridized carbons (Fsp3) is 0.0667. The molecule has 110 valence electrons. The van der Waals surface area contributed by atoms with E-state index in [0.29, 0.717) is 19.9 Å². The predicted octanol–water partition coefficient (Wildman–Crippen LogP) is 4.04. The Bertz CT molecular complexity index is 977. The van der Waals surface area contributed by atoms with E-state index in [1.165, 1.54) is 28.7 Å². The van der Waals surface area contributed by atoms with Gasteiger partial charge >= 0.3 is 0 Å². The van der Waals surface area contributed by atoms with Crippen LogP contribution in [-0.4, -0.2) is 10.5 Å². The molecule has 0 atom stereocenters. The van der Waals surface area contributed by atoms with E-state index in [2.05, 4.69) is 26.8 Å². The topological polar surface area (TPSA) is 34.4 Å². The number of benzene rings is 1. The van der Waals surface area contributed by atoms with Crippen LogP contribution in [0.3, 0.4) is 0 Å². The Morgan fingerprint density at radius 3 is 2.86 bits per heavy atom. The average Bonchev–Trinajstić information content (AvgIpc) is 3.05. The number of aromatic nitrogens is 1. The molecule has 3 nitrogen and oxygen atoms in total. The third-order valence-electron chi connectivity index (χ3n) is 2.88. The number of rotatable bonds is 2. The first-order valence-corrected chi connectivity index (χ1v) is 8.58. The molecule has 0 unspecified atom stereocenters. The molecule has 0 fully saturated rings. The van der Waals surface area contributed by atoms with Crippen LogP contribution in [0.1, 0.15) is 9.67 Å². The summed E-state index contributed by atoms with van der Waals surface area (Å²) in [5.41, 5.74) is 0.379. The average molecular weight is 395 g/mol. The van der Waals surface area contributed by atoms with E-state index in [4.69, 9.17) is 6.42 Å². The van der Waals surface area contributed by atoms with Crippen LogP contribution in [0.25, 0.3) is 10.2 Å². The molecule has 0 aliphatic carbocycles. The first-order valence-electron chi connectivity index (χ1n) is 6.16. The van der Waals surface area contributed by atoms with Gasteiger partial charge in [-0.15, -0.1) is 17.8 Å². The number of para-hydroxylation sites is 1. The third-order valence-corrected chi connectivity index (χ3v) is 5.54. The second-order valence-corrected chi connectivity index (χ2v) is 7.75. The van der Waals surface area contributed by atoms with Crippen molar-refractivity contribution in [2.24, 2.45) is 4.99 Å². The Labute approximate surface area is 141 Å². The minimum Gasteiger partial charge on any atom is -0.302 e. The third kappa shape index (κ3) is 2.77. The summed E-state index contributed by atoms with van der Waals surface area (Å²) in [6, 6.07) is 8.25. The molecule has 0 saturated heterocycles. The van der Waals surface area contributed by atoms with Gasteiger partial charge in [0.2, 0.25) is 0 Å².